The fourth-order valence-electron chi connectivity index (χ4n) is 2.71. The Morgan fingerprint density at radius 3 is 2.54 bits per heavy atom. The number of amides is 1. The predicted molar refractivity (Wildman–Crippen MR) is 86.7 cm³/mol. The van der Waals surface area contributed by atoms with Crippen LogP contribution in [0.25, 0.3) is 0 Å². The maximum absolute atomic E-state index is 13.4. The molecule has 7 nitrogen and oxygen atoms in total. The van der Waals surface area contributed by atoms with Crippen LogP contribution in [0.2, 0.25) is 0 Å². The minimum Gasteiger partial charge on any atom is -0.453 e. The van der Waals surface area contributed by atoms with Gasteiger partial charge in [-0.05, 0) is 19.1 Å². The van der Waals surface area contributed by atoms with Crippen LogP contribution in [0.3, 0.4) is 0 Å². The third-order valence-electron chi connectivity index (χ3n) is 3.96. The van der Waals surface area contributed by atoms with Gasteiger partial charge in [-0.3, -0.25) is 4.79 Å². The number of nitrogens with zero attached hydrogens (tertiary/aromatic N) is 1. The topological polar surface area (TPSA) is 81.7 Å². The van der Waals surface area contributed by atoms with Gasteiger partial charge < -0.3 is 24.8 Å². The van der Waals surface area contributed by atoms with Gasteiger partial charge in [0.15, 0.2) is 17.2 Å². The van der Waals surface area contributed by atoms with Gasteiger partial charge in [0.25, 0.3) is 5.91 Å². The molecule has 0 bridgehead atoms. The summed E-state index contributed by atoms with van der Waals surface area (Å²) in [6.45, 7) is 2.61. The number of rotatable bonds is 4. The number of ether oxygens (including phenoxy) is 3. The van der Waals surface area contributed by atoms with E-state index in [0.29, 0.717) is 19.0 Å². The fraction of sp³-hybridized carbons (Fsp3) is 0.294. The zero-order chi connectivity index (χ0) is 18.3. The van der Waals surface area contributed by atoms with E-state index in [1.54, 1.807) is 0 Å². The standard InChI is InChI=1S/C17H15F2N3O4/c1-17(6-24-7-17)22-16(23)14-15-12(25-8-26-15)5-13(21-14)20-11-3-9(18)2-10(19)4-11/h2-5H,6-8H2,1H3,(H,20,21)(H,22,23). The van der Waals surface area contributed by atoms with Crippen molar-refractivity contribution < 1.29 is 27.8 Å². The SMILES string of the molecule is CC1(NC(=O)c2nc(Nc3cc(F)cc(F)c3)cc3c2OCO3)COC1. The molecule has 2 aliphatic heterocycles. The van der Waals surface area contributed by atoms with Crippen molar-refractivity contribution in [3.63, 3.8) is 0 Å². The third-order valence-corrected chi connectivity index (χ3v) is 3.96. The van der Waals surface area contributed by atoms with Gasteiger partial charge >= 0.3 is 0 Å². The van der Waals surface area contributed by atoms with E-state index in [-0.39, 0.29) is 29.7 Å². The number of benzene rings is 1. The number of carbonyl (C=O) groups is 1. The van der Waals surface area contributed by atoms with E-state index >= 15 is 0 Å². The summed E-state index contributed by atoms with van der Waals surface area (Å²) in [7, 11) is 0. The lowest BCUT2D eigenvalue weighted by atomic mass is 10.0. The summed E-state index contributed by atoms with van der Waals surface area (Å²) in [5.41, 5.74) is -0.299. The molecule has 9 heteroatoms. The highest BCUT2D eigenvalue weighted by molar-refractivity contribution is 5.97. The molecule has 0 spiro atoms. The van der Waals surface area contributed by atoms with Gasteiger partial charge in [0.05, 0.1) is 18.8 Å². The summed E-state index contributed by atoms with van der Waals surface area (Å²) in [4.78, 5) is 16.8. The molecular weight excluding hydrogens is 348 g/mol. The molecule has 1 aromatic carbocycles. The zero-order valence-electron chi connectivity index (χ0n) is 13.8. The van der Waals surface area contributed by atoms with E-state index < -0.39 is 23.1 Å². The van der Waals surface area contributed by atoms with Crippen LogP contribution in [-0.2, 0) is 4.74 Å². The zero-order valence-corrected chi connectivity index (χ0v) is 13.8. The molecule has 1 saturated heterocycles. The van der Waals surface area contributed by atoms with E-state index in [1.807, 2.05) is 6.92 Å². The van der Waals surface area contributed by atoms with Gasteiger partial charge in [-0.15, -0.1) is 0 Å². The molecule has 2 N–H and O–H groups in total. The van der Waals surface area contributed by atoms with Crippen molar-refractivity contribution in [2.75, 3.05) is 25.3 Å². The van der Waals surface area contributed by atoms with E-state index in [0.717, 1.165) is 18.2 Å². The molecule has 0 saturated carbocycles. The highest BCUT2D eigenvalue weighted by Crippen LogP contribution is 2.37. The Bertz CT molecular complexity index is 866. The first-order valence-corrected chi connectivity index (χ1v) is 7.86. The molecule has 2 aliphatic rings. The molecule has 1 fully saturated rings. The first-order valence-electron chi connectivity index (χ1n) is 7.86. The normalized spacial score (nSPS) is 16.7. The molecule has 136 valence electrons. The maximum Gasteiger partial charge on any atom is 0.274 e. The van der Waals surface area contributed by atoms with E-state index in [9.17, 15) is 13.6 Å². The predicted octanol–water partition coefficient (Wildman–Crippen LogP) is 2.35. The summed E-state index contributed by atoms with van der Waals surface area (Å²) >= 11 is 0. The Labute approximate surface area is 147 Å². The van der Waals surface area contributed by atoms with Crippen LogP contribution in [0.15, 0.2) is 24.3 Å². The van der Waals surface area contributed by atoms with Crippen molar-refractivity contribution in [1.82, 2.24) is 10.3 Å². The number of pyridine rings is 1. The summed E-state index contributed by atoms with van der Waals surface area (Å²) in [6.07, 6.45) is 0. The Morgan fingerprint density at radius 1 is 1.15 bits per heavy atom. The number of anilines is 2. The maximum atomic E-state index is 13.4. The van der Waals surface area contributed by atoms with Crippen LogP contribution in [0.1, 0.15) is 17.4 Å². The van der Waals surface area contributed by atoms with Crippen molar-refractivity contribution in [2.45, 2.75) is 12.5 Å². The highest BCUT2D eigenvalue weighted by atomic mass is 19.1. The number of hydrogen-bond acceptors (Lipinski definition) is 6. The van der Waals surface area contributed by atoms with Crippen molar-refractivity contribution in [3.05, 3.63) is 41.6 Å². The Morgan fingerprint density at radius 2 is 1.88 bits per heavy atom. The smallest absolute Gasteiger partial charge is 0.274 e. The van der Waals surface area contributed by atoms with Gasteiger partial charge in [0.1, 0.15) is 17.5 Å². The molecule has 2 aromatic rings. The number of halogens is 2. The first-order chi connectivity index (χ1) is 12.4. The second-order valence-electron chi connectivity index (χ2n) is 6.38. The summed E-state index contributed by atoms with van der Waals surface area (Å²) in [5.74, 6) is -1.18. The monoisotopic (exact) mass is 363 g/mol. The fourth-order valence-corrected chi connectivity index (χ4v) is 2.71. The molecule has 0 unspecified atom stereocenters. The third kappa shape index (κ3) is 3.13. The van der Waals surface area contributed by atoms with Crippen LogP contribution < -0.4 is 20.1 Å². The number of aromatic nitrogens is 1. The Balaban J connectivity index is 1.65. The molecule has 1 aromatic heterocycles. The van der Waals surface area contributed by atoms with Gasteiger partial charge in [0, 0.05) is 17.8 Å². The first kappa shape index (κ1) is 16.5. The second kappa shape index (κ2) is 6.10. The Hall–Kier alpha value is -2.94. The average molecular weight is 363 g/mol. The lowest BCUT2D eigenvalue weighted by Gasteiger charge is -2.38. The highest BCUT2D eigenvalue weighted by Gasteiger charge is 2.37. The van der Waals surface area contributed by atoms with E-state index in [2.05, 4.69) is 15.6 Å². The average Bonchev–Trinajstić information content (AvgIpc) is 2.99. The van der Waals surface area contributed by atoms with Crippen molar-refractivity contribution in [1.29, 1.82) is 0 Å². The quantitative estimate of drug-likeness (QED) is 0.868. The minimum atomic E-state index is -0.732. The van der Waals surface area contributed by atoms with Crippen molar-refractivity contribution in [2.24, 2.45) is 0 Å². The lowest BCUT2D eigenvalue weighted by molar-refractivity contribution is -0.0594. The van der Waals surface area contributed by atoms with Crippen LogP contribution in [0.5, 0.6) is 11.5 Å². The van der Waals surface area contributed by atoms with Crippen molar-refractivity contribution >= 4 is 17.4 Å². The van der Waals surface area contributed by atoms with Gasteiger partial charge in [-0.2, -0.15) is 0 Å². The van der Waals surface area contributed by atoms with Crippen LogP contribution in [-0.4, -0.2) is 36.4 Å². The number of carbonyl (C=O) groups excluding carboxylic acids is 1. The molecule has 0 atom stereocenters. The number of fused-ring (bicyclic) bond motifs is 1. The molecule has 0 radical (unpaired) electrons. The molecular formula is C17H15F2N3O4. The van der Waals surface area contributed by atoms with Gasteiger partial charge in [0.2, 0.25) is 6.79 Å². The van der Waals surface area contributed by atoms with Gasteiger partial charge in [-0.1, -0.05) is 0 Å². The second-order valence-corrected chi connectivity index (χ2v) is 6.38. The van der Waals surface area contributed by atoms with E-state index in [1.165, 1.54) is 6.07 Å². The number of hydrogen-bond donors (Lipinski definition) is 2. The van der Waals surface area contributed by atoms with E-state index in [4.69, 9.17) is 14.2 Å². The molecule has 0 aliphatic carbocycles. The minimum absolute atomic E-state index is 0.0208. The summed E-state index contributed by atoms with van der Waals surface area (Å²) < 4.78 is 42.5. The molecule has 4 rings (SSSR count). The Kier molecular flexibility index (Phi) is 3.87. The largest absolute Gasteiger partial charge is 0.453 e. The summed E-state index contributed by atoms with van der Waals surface area (Å²) in [5, 5.41) is 5.61. The molecule has 26 heavy (non-hydrogen) atoms. The van der Waals surface area contributed by atoms with Crippen LogP contribution >= 0.6 is 0 Å². The van der Waals surface area contributed by atoms with Crippen LogP contribution in [0, 0.1) is 11.6 Å². The van der Waals surface area contributed by atoms with Crippen molar-refractivity contribution in [3.8, 4) is 11.5 Å². The summed E-state index contributed by atoms with van der Waals surface area (Å²) in [6, 6.07) is 4.48. The van der Waals surface area contributed by atoms with Crippen LogP contribution in [0.4, 0.5) is 20.3 Å². The number of nitrogens with one attached hydrogen (secondary N) is 2. The molecule has 1 amide bonds. The lowest BCUT2D eigenvalue weighted by Crippen LogP contribution is -2.60. The molecule has 3 heterocycles. The van der Waals surface area contributed by atoms with Gasteiger partial charge in [-0.25, -0.2) is 13.8 Å².